The number of carbonyl (C=O) groups is 1. The maximum Gasteiger partial charge on any atom is 0.229 e. The average Bonchev–Trinajstić information content (AvgIpc) is 3.07. The number of rotatable bonds is 2. The third-order valence-electron chi connectivity index (χ3n) is 5.60. The van der Waals surface area contributed by atoms with Crippen LogP contribution in [-0.2, 0) is 16.0 Å². The molecule has 0 unspecified atom stereocenters. The van der Waals surface area contributed by atoms with Crippen LogP contribution in [0.15, 0.2) is 18.2 Å². The minimum Gasteiger partial charge on any atom is -0.497 e. The first-order valence-electron chi connectivity index (χ1n) is 8.92. The Morgan fingerprint density at radius 3 is 2.96 bits per heavy atom. The summed E-state index contributed by atoms with van der Waals surface area (Å²) in [4.78, 5) is 15.0. The number of benzene rings is 1. The van der Waals surface area contributed by atoms with Crippen LogP contribution in [0.4, 0.5) is 0 Å². The minimum atomic E-state index is -0.110. The highest BCUT2D eigenvalue weighted by atomic mass is 16.5. The lowest BCUT2D eigenvalue weighted by Gasteiger charge is -2.42. The van der Waals surface area contributed by atoms with Crippen LogP contribution in [0.2, 0.25) is 0 Å². The zero-order chi connectivity index (χ0) is 16.6. The number of nitrogens with zero attached hydrogens (tertiary/aromatic N) is 1. The van der Waals surface area contributed by atoms with Crippen LogP contribution in [0.5, 0.6) is 11.5 Å². The quantitative estimate of drug-likeness (QED) is 0.835. The van der Waals surface area contributed by atoms with Gasteiger partial charge in [0.25, 0.3) is 0 Å². The van der Waals surface area contributed by atoms with Crippen molar-refractivity contribution in [3.8, 4) is 11.5 Å². The van der Waals surface area contributed by atoms with E-state index in [1.165, 1.54) is 12.8 Å². The molecule has 0 N–H and O–H groups in total. The number of fused-ring (bicyclic) bond motifs is 1. The normalized spacial score (nSPS) is 25.2. The Labute approximate surface area is 142 Å². The van der Waals surface area contributed by atoms with E-state index in [2.05, 4.69) is 0 Å². The van der Waals surface area contributed by atoms with E-state index in [0.717, 1.165) is 42.9 Å². The molecular weight excluding hydrogens is 306 g/mol. The average molecular weight is 331 g/mol. The first kappa shape index (κ1) is 15.8. The molecule has 1 spiro atoms. The van der Waals surface area contributed by atoms with Crippen LogP contribution in [0, 0.1) is 5.92 Å². The van der Waals surface area contributed by atoms with Gasteiger partial charge in [0, 0.05) is 13.1 Å². The van der Waals surface area contributed by atoms with Crippen LogP contribution in [0.25, 0.3) is 0 Å². The molecule has 0 aromatic heterocycles. The lowest BCUT2D eigenvalue weighted by atomic mass is 9.93. The maximum absolute atomic E-state index is 13.0. The molecule has 1 saturated heterocycles. The molecule has 3 aliphatic rings. The smallest absolute Gasteiger partial charge is 0.229 e. The van der Waals surface area contributed by atoms with Crippen LogP contribution in [0.1, 0.15) is 31.2 Å². The van der Waals surface area contributed by atoms with E-state index in [-0.39, 0.29) is 17.4 Å². The fourth-order valence-electron chi connectivity index (χ4n) is 4.27. The minimum absolute atomic E-state index is 0.0788. The number of ether oxygens (including phenoxy) is 3. The molecular formula is C19H25NO4. The molecule has 2 heterocycles. The van der Waals surface area contributed by atoms with Gasteiger partial charge in [-0.2, -0.15) is 0 Å². The van der Waals surface area contributed by atoms with E-state index in [1.807, 2.05) is 23.1 Å². The van der Waals surface area contributed by atoms with E-state index < -0.39 is 0 Å². The molecule has 130 valence electrons. The van der Waals surface area contributed by atoms with Gasteiger partial charge in [0.05, 0.1) is 25.2 Å². The van der Waals surface area contributed by atoms with Crippen LogP contribution in [0.3, 0.4) is 0 Å². The summed E-state index contributed by atoms with van der Waals surface area (Å²) in [6.07, 6.45) is 5.30. The highest BCUT2D eigenvalue weighted by molar-refractivity contribution is 5.80. The Hall–Kier alpha value is -1.75. The summed E-state index contributed by atoms with van der Waals surface area (Å²) in [5, 5.41) is 0. The van der Waals surface area contributed by atoms with Crippen LogP contribution >= 0.6 is 0 Å². The zero-order valence-electron chi connectivity index (χ0n) is 14.3. The van der Waals surface area contributed by atoms with E-state index >= 15 is 0 Å². The van der Waals surface area contributed by atoms with Crippen molar-refractivity contribution < 1.29 is 19.0 Å². The van der Waals surface area contributed by atoms with Crippen molar-refractivity contribution in [2.45, 2.75) is 37.7 Å². The summed E-state index contributed by atoms with van der Waals surface area (Å²) in [5.74, 6) is 1.77. The number of morpholine rings is 1. The van der Waals surface area contributed by atoms with Gasteiger partial charge in [0.2, 0.25) is 5.91 Å². The Morgan fingerprint density at radius 2 is 2.17 bits per heavy atom. The molecule has 1 atom stereocenters. The summed E-state index contributed by atoms with van der Waals surface area (Å²) in [6.45, 7) is 2.56. The zero-order valence-corrected chi connectivity index (χ0v) is 14.3. The Morgan fingerprint density at radius 1 is 1.33 bits per heavy atom. The third kappa shape index (κ3) is 2.86. The third-order valence-corrected chi connectivity index (χ3v) is 5.60. The van der Waals surface area contributed by atoms with Crippen molar-refractivity contribution in [2.75, 3.05) is 33.4 Å². The van der Waals surface area contributed by atoms with Gasteiger partial charge < -0.3 is 19.1 Å². The van der Waals surface area contributed by atoms with Gasteiger partial charge in [-0.15, -0.1) is 0 Å². The second kappa shape index (κ2) is 6.28. The van der Waals surface area contributed by atoms with E-state index in [1.54, 1.807) is 7.11 Å². The molecule has 5 heteroatoms. The fraction of sp³-hybridized carbons (Fsp3) is 0.632. The van der Waals surface area contributed by atoms with Gasteiger partial charge in [-0.05, 0) is 43.0 Å². The predicted octanol–water partition coefficient (Wildman–Crippen LogP) is 2.42. The summed E-state index contributed by atoms with van der Waals surface area (Å²) < 4.78 is 17.2. The number of amides is 1. The second-order valence-corrected chi connectivity index (χ2v) is 7.18. The number of hydrogen-bond donors (Lipinski definition) is 0. The van der Waals surface area contributed by atoms with Crippen molar-refractivity contribution in [3.05, 3.63) is 23.8 Å². The highest BCUT2D eigenvalue weighted by Crippen LogP contribution is 2.37. The number of methoxy groups -OCH3 is 1. The predicted molar refractivity (Wildman–Crippen MR) is 89.4 cm³/mol. The van der Waals surface area contributed by atoms with E-state index in [0.29, 0.717) is 19.8 Å². The van der Waals surface area contributed by atoms with Crippen molar-refractivity contribution >= 4 is 5.91 Å². The van der Waals surface area contributed by atoms with Gasteiger partial charge in [0.1, 0.15) is 18.1 Å². The summed E-state index contributed by atoms with van der Waals surface area (Å²) in [6, 6.07) is 5.80. The number of hydrogen-bond acceptors (Lipinski definition) is 4. The molecule has 1 aliphatic carbocycles. The first-order chi connectivity index (χ1) is 11.7. The van der Waals surface area contributed by atoms with Gasteiger partial charge in [-0.1, -0.05) is 12.8 Å². The molecule has 1 saturated carbocycles. The largest absolute Gasteiger partial charge is 0.497 e. The molecule has 1 amide bonds. The Kier molecular flexibility index (Phi) is 4.12. The molecule has 0 bridgehead atoms. The van der Waals surface area contributed by atoms with Crippen LogP contribution < -0.4 is 9.47 Å². The fourth-order valence-corrected chi connectivity index (χ4v) is 4.27. The second-order valence-electron chi connectivity index (χ2n) is 7.18. The van der Waals surface area contributed by atoms with Crippen molar-refractivity contribution in [1.29, 1.82) is 0 Å². The summed E-state index contributed by atoms with van der Waals surface area (Å²) >= 11 is 0. The van der Waals surface area contributed by atoms with Crippen molar-refractivity contribution in [1.82, 2.24) is 4.90 Å². The molecule has 0 radical (unpaired) electrons. The van der Waals surface area contributed by atoms with Gasteiger partial charge in [0.15, 0.2) is 0 Å². The van der Waals surface area contributed by atoms with Crippen molar-refractivity contribution in [2.24, 2.45) is 5.92 Å². The van der Waals surface area contributed by atoms with Gasteiger partial charge >= 0.3 is 0 Å². The SMILES string of the molecule is COc1ccc2c(c1)C[C@H](C(=O)N1CCOC3(CCCC3)C1)CO2. The molecule has 4 rings (SSSR count). The first-order valence-corrected chi connectivity index (χ1v) is 8.92. The van der Waals surface area contributed by atoms with Crippen molar-refractivity contribution in [3.63, 3.8) is 0 Å². The topological polar surface area (TPSA) is 48.0 Å². The Bertz CT molecular complexity index is 624. The van der Waals surface area contributed by atoms with Gasteiger partial charge in [-0.3, -0.25) is 4.79 Å². The number of carbonyl (C=O) groups excluding carboxylic acids is 1. The molecule has 2 aliphatic heterocycles. The molecule has 5 nitrogen and oxygen atoms in total. The summed E-state index contributed by atoms with van der Waals surface area (Å²) in [7, 11) is 1.66. The molecule has 2 fully saturated rings. The lowest BCUT2D eigenvalue weighted by Crippen LogP contribution is -2.54. The highest BCUT2D eigenvalue weighted by Gasteiger charge is 2.42. The molecule has 24 heavy (non-hydrogen) atoms. The van der Waals surface area contributed by atoms with Crippen LogP contribution in [-0.4, -0.2) is 49.8 Å². The Balaban J connectivity index is 1.46. The lowest BCUT2D eigenvalue weighted by molar-refractivity contribution is -0.154. The standard InChI is InChI=1S/C19H25NO4/c1-22-16-4-5-17-14(11-16)10-15(12-23-17)18(21)20-8-9-24-19(13-20)6-2-3-7-19/h4-5,11,15H,2-3,6-10,12-13H2,1H3/t15-/m0/s1. The maximum atomic E-state index is 13.0. The molecule has 1 aromatic carbocycles. The molecule has 1 aromatic rings. The van der Waals surface area contributed by atoms with E-state index in [4.69, 9.17) is 14.2 Å². The van der Waals surface area contributed by atoms with E-state index in [9.17, 15) is 4.79 Å². The monoisotopic (exact) mass is 331 g/mol. The van der Waals surface area contributed by atoms with Gasteiger partial charge in [-0.25, -0.2) is 0 Å². The summed E-state index contributed by atoms with van der Waals surface area (Å²) in [5.41, 5.74) is 0.979.